The highest BCUT2D eigenvalue weighted by atomic mass is 35.5. The maximum Gasteiger partial charge on any atom is 0.407 e. The zero-order chi connectivity index (χ0) is 17.0. The molecule has 0 aromatic heterocycles. The molecular formula is C18H27ClN2O2. The van der Waals surface area contributed by atoms with Crippen LogP contribution < -0.4 is 10.6 Å². The van der Waals surface area contributed by atoms with E-state index in [1.807, 2.05) is 39.8 Å². The Morgan fingerprint density at radius 1 is 1.35 bits per heavy atom. The molecule has 1 fully saturated rings. The Balaban J connectivity index is 1.87. The molecule has 0 bridgehead atoms. The van der Waals surface area contributed by atoms with Crippen molar-refractivity contribution < 1.29 is 9.53 Å². The summed E-state index contributed by atoms with van der Waals surface area (Å²) in [6.07, 6.45) is 3.03. The topological polar surface area (TPSA) is 50.4 Å². The van der Waals surface area contributed by atoms with E-state index in [1.165, 1.54) is 0 Å². The van der Waals surface area contributed by atoms with Crippen molar-refractivity contribution in [2.24, 2.45) is 5.92 Å². The third-order valence-corrected chi connectivity index (χ3v) is 4.50. The number of ether oxygens (including phenoxy) is 1. The summed E-state index contributed by atoms with van der Waals surface area (Å²) in [5, 5.41) is 7.22. The summed E-state index contributed by atoms with van der Waals surface area (Å²) in [6, 6.07) is 6.39. The first kappa shape index (κ1) is 17.9. The maximum atomic E-state index is 11.8. The third-order valence-electron chi connectivity index (χ3n) is 4.09. The fraction of sp³-hybridized carbons (Fsp3) is 0.611. The van der Waals surface area contributed by atoms with E-state index in [2.05, 4.69) is 16.7 Å². The fourth-order valence-electron chi connectivity index (χ4n) is 2.90. The molecule has 2 rings (SSSR count). The van der Waals surface area contributed by atoms with Crippen LogP contribution in [0.15, 0.2) is 18.2 Å². The summed E-state index contributed by atoms with van der Waals surface area (Å²) >= 11 is 6.19. The van der Waals surface area contributed by atoms with Crippen LogP contribution in [0.2, 0.25) is 5.02 Å². The highest BCUT2D eigenvalue weighted by molar-refractivity contribution is 6.31. The number of benzene rings is 1. The summed E-state index contributed by atoms with van der Waals surface area (Å²) in [6.45, 7) is 8.23. The minimum atomic E-state index is -0.462. The number of carbonyl (C=O) groups is 1. The number of alkyl carbamates (subject to hydrolysis) is 1. The van der Waals surface area contributed by atoms with E-state index in [9.17, 15) is 4.79 Å². The van der Waals surface area contributed by atoms with Gasteiger partial charge < -0.3 is 15.4 Å². The lowest BCUT2D eigenvalue weighted by Crippen LogP contribution is -2.38. The van der Waals surface area contributed by atoms with Gasteiger partial charge >= 0.3 is 6.09 Å². The normalized spacial score (nSPS) is 21.1. The van der Waals surface area contributed by atoms with Crippen LogP contribution in [0.25, 0.3) is 0 Å². The number of rotatable bonds is 4. The van der Waals surface area contributed by atoms with Gasteiger partial charge in [0.25, 0.3) is 0 Å². The van der Waals surface area contributed by atoms with Crippen LogP contribution in [-0.2, 0) is 4.74 Å². The summed E-state index contributed by atoms with van der Waals surface area (Å²) in [5.74, 6) is 0.405. The quantitative estimate of drug-likeness (QED) is 0.832. The van der Waals surface area contributed by atoms with Crippen molar-refractivity contribution >= 4 is 23.4 Å². The molecule has 1 aromatic rings. The van der Waals surface area contributed by atoms with Crippen LogP contribution in [0, 0.1) is 12.8 Å². The fourth-order valence-corrected chi connectivity index (χ4v) is 3.08. The molecule has 5 heteroatoms. The van der Waals surface area contributed by atoms with Crippen LogP contribution >= 0.6 is 11.6 Å². The van der Waals surface area contributed by atoms with Gasteiger partial charge in [-0.3, -0.25) is 0 Å². The van der Waals surface area contributed by atoms with Gasteiger partial charge in [0, 0.05) is 23.3 Å². The van der Waals surface area contributed by atoms with E-state index in [0.717, 1.165) is 35.5 Å². The number of aryl methyl sites for hydroxylation is 1. The second-order valence-corrected chi connectivity index (χ2v) is 7.70. The molecule has 23 heavy (non-hydrogen) atoms. The van der Waals surface area contributed by atoms with Crippen molar-refractivity contribution in [3.05, 3.63) is 28.8 Å². The van der Waals surface area contributed by atoms with E-state index in [0.29, 0.717) is 18.5 Å². The van der Waals surface area contributed by atoms with E-state index >= 15 is 0 Å². The number of anilines is 1. The van der Waals surface area contributed by atoms with Crippen molar-refractivity contribution in [1.82, 2.24) is 5.32 Å². The molecule has 2 N–H and O–H groups in total. The Morgan fingerprint density at radius 2 is 2.09 bits per heavy atom. The minimum absolute atomic E-state index is 0.346. The van der Waals surface area contributed by atoms with Gasteiger partial charge in [-0.1, -0.05) is 24.1 Å². The number of hydrogen-bond donors (Lipinski definition) is 2. The summed E-state index contributed by atoms with van der Waals surface area (Å²) in [5.41, 5.74) is 1.65. The molecule has 0 heterocycles. The first-order valence-corrected chi connectivity index (χ1v) is 8.62. The maximum absolute atomic E-state index is 11.8. The minimum Gasteiger partial charge on any atom is -0.444 e. The van der Waals surface area contributed by atoms with Crippen LogP contribution in [0.3, 0.4) is 0 Å². The lowest BCUT2D eigenvalue weighted by Gasteiger charge is -2.24. The van der Waals surface area contributed by atoms with Gasteiger partial charge in [-0.05, 0) is 64.2 Å². The van der Waals surface area contributed by atoms with E-state index in [4.69, 9.17) is 16.3 Å². The zero-order valence-electron chi connectivity index (χ0n) is 14.4. The van der Waals surface area contributed by atoms with Crippen molar-refractivity contribution in [3.63, 3.8) is 0 Å². The number of amides is 1. The molecule has 2 atom stereocenters. The van der Waals surface area contributed by atoms with E-state index < -0.39 is 5.60 Å². The summed E-state index contributed by atoms with van der Waals surface area (Å²) in [4.78, 5) is 11.8. The molecule has 0 saturated heterocycles. The van der Waals surface area contributed by atoms with Crippen molar-refractivity contribution in [1.29, 1.82) is 0 Å². The van der Waals surface area contributed by atoms with Crippen molar-refractivity contribution in [2.75, 3.05) is 11.9 Å². The van der Waals surface area contributed by atoms with E-state index in [1.54, 1.807) is 0 Å². The van der Waals surface area contributed by atoms with Crippen LogP contribution in [-0.4, -0.2) is 24.3 Å². The first-order valence-electron chi connectivity index (χ1n) is 8.24. The van der Waals surface area contributed by atoms with Crippen LogP contribution in [0.1, 0.15) is 45.6 Å². The molecule has 1 aliphatic rings. The Bertz CT molecular complexity index is 554. The lowest BCUT2D eigenvalue weighted by molar-refractivity contribution is 0.0519. The molecule has 4 nitrogen and oxygen atoms in total. The molecule has 1 saturated carbocycles. The van der Waals surface area contributed by atoms with Gasteiger partial charge in [0.2, 0.25) is 0 Å². The number of nitrogens with one attached hydrogen (secondary N) is 2. The average Bonchev–Trinajstić information content (AvgIpc) is 2.86. The standard InChI is InChI=1S/C18H27ClN2O2/c1-12-8-9-14(10-15(12)19)21-16-7-5-6-13(16)11-20-17(22)23-18(2,3)4/h8-10,13,16,21H,5-7,11H2,1-4H3,(H,20,22). The largest absolute Gasteiger partial charge is 0.444 e. The predicted molar refractivity (Wildman–Crippen MR) is 95.2 cm³/mol. The number of halogens is 1. The first-order chi connectivity index (χ1) is 10.7. The lowest BCUT2D eigenvalue weighted by atomic mass is 10.0. The van der Waals surface area contributed by atoms with Crippen molar-refractivity contribution in [2.45, 2.75) is 58.6 Å². The molecule has 128 valence electrons. The van der Waals surface area contributed by atoms with Crippen molar-refractivity contribution in [3.8, 4) is 0 Å². The van der Waals surface area contributed by atoms with Gasteiger partial charge in [0.15, 0.2) is 0 Å². The molecular weight excluding hydrogens is 312 g/mol. The zero-order valence-corrected chi connectivity index (χ0v) is 15.2. The SMILES string of the molecule is Cc1ccc(NC2CCCC2CNC(=O)OC(C)(C)C)cc1Cl. The average molecular weight is 339 g/mol. The number of hydrogen-bond acceptors (Lipinski definition) is 3. The number of carbonyl (C=O) groups excluding carboxylic acids is 1. The Kier molecular flexibility index (Phi) is 5.79. The third kappa shape index (κ3) is 5.61. The molecule has 0 spiro atoms. The molecule has 1 aromatic carbocycles. The Morgan fingerprint density at radius 3 is 2.74 bits per heavy atom. The van der Waals surface area contributed by atoms with Gasteiger partial charge in [0.05, 0.1) is 0 Å². The second kappa shape index (κ2) is 7.43. The molecule has 0 aliphatic heterocycles. The van der Waals surface area contributed by atoms with Crippen LogP contribution in [0.4, 0.5) is 10.5 Å². The monoisotopic (exact) mass is 338 g/mol. The second-order valence-electron chi connectivity index (χ2n) is 7.29. The molecule has 1 amide bonds. The van der Waals surface area contributed by atoms with Gasteiger partial charge in [-0.2, -0.15) is 0 Å². The van der Waals surface area contributed by atoms with Gasteiger partial charge in [-0.25, -0.2) is 4.79 Å². The smallest absolute Gasteiger partial charge is 0.407 e. The van der Waals surface area contributed by atoms with E-state index in [-0.39, 0.29) is 6.09 Å². The molecule has 0 radical (unpaired) electrons. The molecule has 2 unspecified atom stereocenters. The highest BCUT2D eigenvalue weighted by Gasteiger charge is 2.28. The Hall–Kier alpha value is -1.42. The van der Waals surface area contributed by atoms with Gasteiger partial charge in [-0.15, -0.1) is 0 Å². The molecule has 1 aliphatic carbocycles. The Labute approximate surface area is 143 Å². The highest BCUT2D eigenvalue weighted by Crippen LogP contribution is 2.29. The van der Waals surface area contributed by atoms with Crippen LogP contribution in [0.5, 0.6) is 0 Å². The summed E-state index contributed by atoms with van der Waals surface area (Å²) in [7, 11) is 0. The van der Waals surface area contributed by atoms with Gasteiger partial charge in [0.1, 0.15) is 5.60 Å². The summed E-state index contributed by atoms with van der Waals surface area (Å²) < 4.78 is 5.29. The predicted octanol–water partition coefficient (Wildman–Crippen LogP) is 4.75.